The summed E-state index contributed by atoms with van der Waals surface area (Å²) in [7, 11) is 0. The van der Waals surface area contributed by atoms with Gasteiger partial charge in [0.25, 0.3) is 5.91 Å². The van der Waals surface area contributed by atoms with Gasteiger partial charge in [-0.15, -0.1) is 10.2 Å². The minimum atomic E-state index is -0.136. The molecule has 0 bridgehead atoms. The zero-order chi connectivity index (χ0) is 16.9. The normalized spacial score (nSPS) is 14.3. The molecule has 1 amide bonds. The first-order valence-corrected chi connectivity index (χ1v) is 7.72. The van der Waals surface area contributed by atoms with Gasteiger partial charge in [-0.05, 0) is 43.3 Å². The van der Waals surface area contributed by atoms with Gasteiger partial charge in [-0.1, -0.05) is 0 Å². The molecule has 1 aliphatic heterocycles. The van der Waals surface area contributed by atoms with Crippen LogP contribution in [0.5, 0.6) is 0 Å². The molecule has 1 fully saturated rings. The Kier molecular flexibility index (Phi) is 4.81. The van der Waals surface area contributed by atoms with Crippen LogP contribution < -0.4 is 5.32 Å². The lowest BCUT2D eigenvalue weighted by Crippen LogP contribution is -2.41. The average Bonchev–Trinajstić information content (AvgIpc) is 2.63. The number of ketones is 1. The Labute approximate surface area is 139 Å². The molecular formula is C17H18N4O3. The second-order valence-electron chi connectivity index (χ2n) is 5.47. The largest absolute Gasteiger partial charge is 0.378 e. The van der Waals surface area contributed by atoms with Gasteiger partial charge in [0.05, 0.1) is 13.2 Å². The Morgan fingerprint density at radius 1 is 1.04 bits per heavy atom. The fourth-order valence-electron chi connectivity index (χ4n) is 2.38. The van der Waals surface area contributed by atoms with E-state index in [1.807, 2.05) is 0 Å². The van der Waals surface area contributed by atoms with Crippen LogP contribution in [0.25, 0.3) is 0 Å². The van der Waals surface area contributed by atoms with E-state index in [9.17, 15) is 9.59 Å². The predicted molar refractivity (Wildman–Crippen MR) is 88.5 cm³/mol. The van der Waals surface area contributed by atoms with E-state index in [4.69, 9.17) is 4.74 Å². The van der Waals surface area contributed by atoms with Crippen LogP contribution in [0.2, 0.25) is 0 Å². The molecule has 2 aromatic rings. The predicted octanol–water partition coefficient (Wildman–Crippen LogP) is 1.90. The van der Waals surface area contributed by atoms with Gasteiger partial charge in [0.15, 0.2) is 17.3 Å². The van der Waals surface area contributed by atoms with E-state index in [2.05, 4.69) is 15.5 Å². The molecule has 0 radical (unpaired) electrons. The molecule has 1 N–H and O–H groups in total. The van der Waals surface area contributed by atoms with Crippen molar-refractivity contribution in [1.29, 1.82) is 0 Å². The molecule has 7 heteroatoms. The van der Waals surface area contributed by atoms with Crippen molar-refractivity contribution >= 4 is 23.2 Å². The average molecular weight is 326 g/mol. The Bertz CT molecular complexity index is 723. The summed E-state index contributed by atoms with van der Waals surface area (Å²) in [4.78, 5) is 25.3. The Morgan fingerprint density at radius 2 is 1.75 bits per heavy atom. The molecule has 0 spiro atoms. The number of rotatable bonds is 4. The third-order valence-corrected chi connectivity index (χ3v) is 3.75. The molecule has 0 unspecified atom stereocenters. The number of Topliss-reactive ketones (excluding diaryl/α,β-unsaturated/α-hetero) is 1. The third-order valence-electron chi connectivity index (χ3n) is 3.75. The highest BCUT2D eigenvalue weighted by molar-refractivity contribution is 5.94. The zero-order valence-electron chi connectivity index (χ0n) is 13.4. The number of nitrogens with zero attached hydrogens (tertiary/aromatic N) is 3. The molecule has 1 aromatic heterocycles. The van der Waals surface area contributed by atoms with Gasteiger partial charge in [0, 0.05) is 24.3 Å². The van der Waals surface area contributed by atoms with Crippen LogP contribution in [0, 0.1) is 0 Å². The number of ether oxygens (including phenoxy) is 1. The number of hydrogen-bond acceptors (Lipinski definition) is 6. The van der Waals surface area contributed by atoms with Crippen LogP contribution in [-0.4, -0.2) is 53.1 Å². The van der Waals surface area contributed by atoms with Crippen LogP contribution in [0.4, 0.5) is 11.5 Å². The third kappa shape index (κ3) is 3.75. The smallest absolute Gasteiger partial charge is 0.274 e. The van der Waals surface area contributed by atoms with Crippen molar-refractivity contribution in [2.75, 3.05) is 31.6 Å². The molecule has 0 atom stereocenters. The number of nitrogens with one attached hydrogen (secondary N) is 1. The summed E-state index contributed by atoms with van der Waals surface area (Å²) in [5, 5.41) is 11.1. The van der Waals surface area contributed by atoms with Crippen LogP contribution >= 0.6 is 0 Å². The van der Waals surface area contributed by atoms with Crippen molar-refractivity contribution in [2.24, 2.45) is 0 Å². The molecule has 3 rings (SSSR count). The highest BCUT2D eigenvalue weighted by Gasteiger charge is 2.19. The topological polar surface area (TPSA) is 84.4 Å². The lowest BCUT2D eigenvalue weighted by atomic mass is 10.1. The maximum Gasteiger partial charge on any atom is 0.274 e. The van der Waals surface area contributed by atoms with E-state index in [1.54, 1.807) is 41.3 Å². The highest BCUT2D eigenvalue weighted by Crippen LogP contribution is 2.15. The molecule has 24 heavy (non-hydrogen) atoms. The first kappa shape index (κ1) is 16.1. The summed E-state index contributed by atoms with van der Waals surface area (Å²) in [6.07, 6.45) is 0. The van der Waals surface area contributed by atoms with Crippen molar-refractivity contribution in [2.45, 2.75) is 6.92 Å². The number of carbonyl (C=O) groups excluding carboxylic acids is 2. The van der Waals surface area contributed by atoms with Crippen LogP contribution in [0.1, 0.15) is 27.8 Å². The second-order valence-corrected chi connectivity index (χ2v) is 5.47. The van der Waals surface area contributed by atoms with E-state index < -0.39 is 0 Å². The molecule has 0 saturated carbocycles. The summed E-state index contributed by atoms with van der Waals surface area (Å²) in [5.74, 6) is 0.416. The lowest BCUT2D eigenvalue weighted by Gasteiger charge is -2.26. The Hall–Kier alpha value is -2.80. The molecule has 1 aliphatic rings. The number of anilines is 2. The molecule has 0 aliphatic carbocycles. The summed E-state index contributed by atoms with van der Waals surface area (Å²) in [5.41, 5.74) is 1.76. The van der Waals surface area contributed by atoms with E-state index in [0.29, 0.717) is 43.4 Å². The van der Waals surface area contributed by atoms with Gasteiger partial charge in [0.1, 0.15) is 0 Å². The van der Waals surface area contributed by atoms with Crippen molar-refractivity contribution < 1.29 is 14.3 Å². The summed E-state index contributed by atoms with van der Waals surface area (Å²) in [6, 6.07) is 10.4. The van der Waals surface area contributed by atoms with E-state index in [-0.39, 0.29) is 11.7 Å². The van der Waals surface area contributed by atoms with Crippen molar-refractivity contribution in [3.63, 3.8) is 0 Å². The van der Waals surface area contributed by atoms with Gasteiger partial charge in [0.2, 0.25) is 0 Å². The van der Waals surface area contributed by atoms with E-state index in [1.165, 1.54) is 6.92 Å². The molecule has 7 nitrogen and oxygen atoms in total. The first-order valence-electron chi connectivity index (χ1n) is 7.72. The van der Waals surface area contributed by atoms with Gasteiger partial charge in [-0.3, -0.25) is 9.59 Å². The standard InChI is InChI=1S/C17H18N4O3/c1-12(22)13-2-4-14(5-3-13)18-16-7-6-15(19-20-16)17(23)21-8-10-24-11-9-21/h2-7H,8-11H2,1H3,(H,18,20). The van der Waals surface area contributed by atoms with E-state index in [0.717, 1.165) is 5.69 Å². The van der Waals surface area contributed by atoms with E-state index >= 15 is 0 Å². The molecule has 1 aromatic carbocycles. The van der Waals surface area contributed by atoms with Crippen molar-refractivity contribution in [1.82, 2.24) is 15.1 Å². The van der Waals surface area contributed by atoms with Gasteiger partial charge in [-0.25, -0.2) is 0 Å². The van der Waals surface area contributed by atoms with Crippen LogP contribution in [0.15, 0.2) is 36.4 Å². The fraction of sp³-hybridized carbons (Fsp3) is 0.294. The summed E-state index contributed by atoms with van der Waals surface area (Å²) < 4.78 is 5.23. The maximum absolute atomic E-state index is 12.3. The van der Waals surface area contributed by atoms with Crippen molar-refractivity contribution in [3.8, 4) is 0 Å². The van der Waals surface area contributed by atoms with Crippen LogP contribution in [-0.2, 0) is 4.74 Å². The molecule has 1 saturated heterocycles. The first-order chi connectivity index (χ1) is 11.6. The number of benzene rings is 1. The van der Waals surface area contributed by atoms with Gasteiger partial charge in [-0.2, -0.15) is 0 Å². The zero-order valence-corrected chi connectivity index (χ0v) is 13.4. The summed E-state index contributed by atoms with van der Waals surface area (Å²) >= 11 is 0. The van der Waals surface area contributed by atoms with Gasteiger partial charge >= 0.3 is 0 Å². The number of amides is 1. The number of carbonyl (C=O) groups is 2. The SMILES string of the molecule is CC(=O)c1ccc(Nc2ccc(C(=O)N3CCOCC3)nn2)cc1. The lowest BCUT2D eigenvalue weighted by molar-refractivity contribution is 0.0298. The molecule has 124 valence electrons. The van der Waals surface area contributed by atoms with Crippen LogP contribution in [0.3, 0.4) is 0 Å². The fourth-order valence-corrected chi connectivity index (χ4v) is 2.38. The maximum atomic E-state index is 12.3. The van der Waals surface area contributed by atoms with Gasteiger partial charge < -0.3 is 15.0 Å². The van der Waals surface area contributed by atoms with Crippen molar-refractivity contribution in [3.05, 3.63) is 47.7 Å². The number of morpholine rings is 1. The second kappa shape index (κ2) is 7.18. The number of hydrogen-bond donors (Lipinski definition) is 1. The quantitative estimate of drug-likeness (QED) is 0.864. The minimum Gasteiger partial charge on any atom is -0.378 e. The molecular weight excluding hydrogens is 308 g/mol. The Morgan fingerprint density at radius 3 is 2.33 bits per heavy atom. The Balaban J connectivity index is 1.65. The number of aromatic nitrogens is 2. The molecule has 2 heterocycles. The summed E-state index contributed by atoms with van der Waals surface area (Å²) in [6.45, 7) is 3.77. The highest BCUT2D eigenvalue weighted by atomic mass is 16.5. The monoisotopic (exact) mass is 326 g/mol. The minimum absolute atomic E-state index is 0.0207.